The SMILES string of the molecule is Cc1cn[nH]c1[C@H]1CCN(C(=O)CCn2ccnc2)C1. The van der Waals surface area contributed by atoms with Gasteiger partial charge in [0.1, 0.15) is 0 Å². The van der Waals surface area contributed by atoms with Crippen molar-refractivity contribution in [2.24, 2.45) is 0 Å². The summed E-state index contributed by atoms with van der Waals surface area (Å²) in [6.45, 7) is 4.39. The first-order chi connectivity index (χ1) is 9.74. The number of imidazole rings is 1. The molecule has 0 bridgehead atoms. The Morgan fingerprint density at radius 3 is 3.15 bits per heavy atom. The van der Waals surface area contributed by atoms with E-state index in [9.17, 15) is 4.79 Å². The van der Waals surface area contributed by atoms with E-state index >= 15 is 0 Å². The summed E-state index contributed by atoms with van der Waals surface area (Å²) in [7, 11) is 0. The summed E-state index contributed by atoms with van der Waals surface area (Å²) in [5.41, 5.74) is 2.36. The van der Waals surface area contributed by atoms with Gasteiger partial charge in [-0.05, 0) is 18.9 Å². The summed E-state index contributed by atoms with van der Waals surface area (Å²) in [5.74, 6) is 0.619. The van der Waals surface area contributed by atoms with Crippen molar-refractivity contribution >= 4 is 5.91 Å². The van der Waals surface area contributed by atoms with Gasteiger partial charge in [0.15, 0.2) is 0 Å². The summed E-state index contributed by atoms with van der Waals surface area (Å²) < 4.78 is 1.94. The molecule has 1 aliphatic rings. The molecule has 1 N–H and O–H groups in total. The zero-order valence-electron chi connectivity index (χ0n) is 11.6. The molecule has 2 aromatic rings. The van der Waals surface area contributed by atoms with Crippen LogP contribution in [0.3, 0.4) is 0 Å². The molecular formula is C14H19N5O. The Morgan fingerprint density at radius 2 is 2.45 bits per heavy atom. The number of carbonyl (C=O) groups is 1. The van der Waals surface area contributed by atoms with Gasteiger partial charge in [-0.1, -0.05) is 0 Å². The predicted molar refractivity (Wildman–Crippen MR) is 74.1 cm³/mol. The lowest BCUT2D eigenvalue weighted by Gasteiger charge is -2.16. The van der Waals surface area contributed by atoms with Crippen LogP contribution in [0.1, 0.15) is 30.0 Å². The Hall–Kier alpha value is -2.11. The number of likely N-dealkylation sites (tertiary alicyclic amines) is 1. The highest BCUT2D eigenvalue weighted by atomic mass is 16.2. The van der Waals surface area contributed by atoms with Crippen LogP contribution < -0.4 is 0 Å². The van der Waals surface area contributed by atoms with Crippen molar-refractivity contribution in [2.45, 2.75) is 32.2 Å². The number of hydrogen-bond donors (Lipinski definition) is 1. The molecule has 3 rings (SSSR count). The predicted octanol–water partition coefficient (Wildman–Crippen LogP) is 1.32. The van der Waals surface area contributed by atoms with Crippen LogP contribution in [0.25, 0.3) is 0 Å². The van der Waals surface area contributed by atoms with Crippen LogP contribution in [-0.4, -0.2) is 43.6 Å². The zero-order chi connectivity index (χ0) is 13.9. The summed E-state index contributed by atoms with van der Waals surface area (Å²) in [5, 5.41) is 7.13. The highest BCUT2D eigenvalue weighted by Crippen LogP contribution is 2.27. The topological polar surface area (TPSA) is 66.8 Å². The third-order valence-electron chi connectivity index (χ3n) is 3.96. The number of hydrogen-bond acceptors (Lipinski definition) is 3. The van der Waals surface area contributed by atoms with E-state index in [-0.39, 0.29) is 5.91 Å². The van der Waals surface area contributed by atoms with E-state index in [2.05, 4.69) is 22.1 Å². The van der Waals surface area contributed by atoms with Gasteiger partial charge in [0.2, 0.25) is 5.91 Å². The molecule has 20 heavy (non-hydrogen) atoms. The molecule has 0 saturated carbocycles. The fourth-order valence-electron chi connectivity index (χ4n) is 2.79. The minimum absolute atomic E-state index is 0.221. The number of aryl methyl sites for hydroxylation is 2. The first-order valence-corrected chi connectivity index (χ1v) is 6.97. The maximum Gasteiger partial charge on any atom is 0.224 e. The molecule has 6 heteroatoms. The average molecular weight is 273 g/mol. The van der Waals surface area contributed by atoms with Crippen LogP contribution in [0, 0.1) is 6.92 Å². The Balaban J connectivity index is 1.54. The third kappa shape index (κ3) is 2.59. The van der Waals surface area contributed by atoms with Crippen molar-refractivity contribution in [3.05, 3.63) is 36.2 Å². The Bertz CT molecular complexity index is 574. The molecule has 0 spiro atoms. The second-order valence-corrected chi connectivity index (χ2v) is 5.34. The Labute approximate surface area is 117 Å². The van der Waals surface area contributed by atoms with E-state index in [0.717, 1.165) is 19.5 Å². The molecule has 0 aromatic carbocycles. The molecule has 1 aliphatic heterocycles. The van der Waals surface area contributed by atoms with Crippen molar-refractivity contribution in [2.75, 3.05) is 13.1 Å². The number of H-pyrrole nitrogens is 1. The molecule has 1 fully saturated rings. The Kier molecular flexibility index (Phi) is 3.54. The van der Waals surface area contributed by atoms with E-state index in [1.54, 1.807) is 12.5 Å². The number of aromatic nitrogens is 4. The number of nitrogens with one attached hydrogen (secondary N) is 1. The quantitative estimate of drug-likeness (QED) is 0.913. The fourth-order valence-corrected chi connectivity index (χ4v) is 2.79. The summed E-state index contributed by atoms with van der Waals surface area (Å²) in [6, 6.07) is 0. The second kappa shape index (κ2) is 5.48. The minimum Gasteiger partial charge on any atom is -0.342 e. The lowest BCUT2D eigenvalue weighted by atomic mass is 10.0. The number of carbonyl (C=O) groups excluding carboxylic acids is 1. The van der Waals surface area contributed by atoms with Crippen LogP contribution in [0.5, 0.6) is 0 Å². The molecule has 0 radical (unpaired) electrons. The fraction of sp³-hybridized carbons (Fsp3) is 0.500. The highest BCUT2D eigenvalue weighted by molar-refractivity contribution is 5.76. The summed E-state index contributed by atoms with van der Waals surface area (Å²) in [6.07, 6.45) is 8.75. The maximum atomic E-state index is 12.2. The smallest absolute Gasteiger partial charge is 0.224 e. The van der Waals surface area contributed by atoms with E-state index < -0.39 is 0 Å². The van der Waals surface area contributed by atoms with Crippen molar-refractivity contribution < 1.29 is 4.79 Å². The van der Waals surface area contributed by atoms with E-state index in [0.29, 0.717) is 18.9 Å². The van der Waals surface area contributed by atoms with Gasteiger partial charge in [0, 0.05) is 50.1 Å². The average Bonchev–Trinajstić information content (AvgIpc) is 3.16. The van der Waals surface area contributed by atoms with Crippen LogP contribution >= 0.6 is 0 Å². The summed E-state index contributed by atoms with van der Waals surface area (Å²) in [4.78, 5) is 18.1. The van der Waals surface area contributed by atoms with Crippen molar-refractivity contribution in [3.8, 4) is 0 Å². The van der Waals surface area contributed by atoms with E-state index in [1.165, 1.54) is 11.3 Å². The van der Waals surface area contributed by atoms with Gasteiger partial charge in [-0.3, -0.25) is 9.89 Å². The maximum absolute atomic E-state index is 12.2. The number of aromatic amines is 1. The van der Waals surface area contributed by atoms with Gasteiger partial charge in [-0.25, -0.2) is 4.98 Å². The molecule has 3 heterocycles. The van der Waals surface area contributed by atoms with Crippen molar-refractivity contribution in [1.29, 1.82) is 0 Å². The van der Waals surface area contributed by atoms with Crippen LogP contribution in [-0.2, 0) is 11.3 Å². The largest absolute Gasteiger partial charge is 0.342 e. The normalized spacial score (nSPS) is 18.6. The minimum atomic E-state index is 0.221. The van der Waals surface area contributed by atoms with Crippen LogP contribution in [0.2, 0.25) is 0 Å². The lowest BCUT2D eigenvalue weighted by Crippen LogP contribution is -2.29. The molecule has 0 unspecified atom stereocenters. The van der Waals surface area contributed by atoms with Gasteiger partial charge in [0.05, 0.1) is 12.5 Å². The van der Waals surface area contributed by atoms with Crippen molar-refractivity contribution in [3.63, 3.8) is 0 Å². The molecular weight excluding hydrogens is 254 g/mol. The molecule has 1 atom stereocenters. The molecule has 1 saturated heterocycles. The first-order valence-electron chi connectivity index (χ1n) is 6.97. The number of rotatable bonds is 4. The summed E-state index contributed by atoms with van der Waals surface area (Å²) >= 11 is 0. The lowest BCUT2D eigenvalue weighted by molar-refractivity contribution is -0.130. The van der Waals surface area contributed by atoms with Gasteiger partial charge < -0.3 is 9.47 Å². The van der Waals surface area contributed by atoms with Gasteiger partial charge in [-0.15, -0.1) is 0 Å². The molecule has 6 nitrogen and oxygen atoms in total. The first kappa shape index (κ1) is 12.9. The standard InChI is InChI=1S/C14H19N5O/c1-11-8-16-17-14(11)12-2-6-19(9-12)13(20)3-5-18-7-4-15-10-18/h4,7-8,10,12H,2-3,5-6,9H2,1H3,(H,16,17)/t12-/m0/s1. The van der Waals surface area contributed by atoms with Gasteiger partial charge >= 0.3 is 0 Å². The van der Waals surface area contributed by atoms with Gasteiger partial charge in [-0.2, -0.15) is 5.10 Å². The van der Waals surface area contributed by atoms with Crippen molar-refractivity contribution in [1.82, 2.24) is 24.6 Å². The zero-order valence-corrected chi connectivity index (χ0v) is 11.6. The Morgan fingerprint density at radius 1 is 1.55 bits per heavy atom. The van der Waals surface area contributed by atoms with Crippen LogP contribution in [0.15, 0.2) is 24.9 Å². The van der Waals surface area contributed by atoms with Gasteiger partial charge in [0.25, 0.3) is 0 Å². The van der Waals surface area contributed by atoms with E-state index in [4.69, 9.17) is 0 Å². The molecule has 1 amide bonds. The molecule has 0 aliphatic carbocycles. The number of nitrogens with zero attached hydrogens (tertiary/aromatic N) is 4. The second-order valence-electron chi connectivity index (χ2n) is 5.34. The monoisotopic (exact) mass is 273 g/mol. The highest BCUT2D eigenvalue weighted by Gasteiger charge is 2.28. The molecule has 106 valence electrons. The molecule has 2 aromatic heterocycles. The van der Waals surface area contributed by atoms with Crippen LogP contribution in [0.4, 0.5) is 0 Å². The number of amides is 1. The van der Waals surface area contributed by atoms with E-state index in [1.807, 2.05) is 21.9 Å². The third-order valence-corrected chi connectivity index (χ3v) is 3.96.